The van der Waals surface area contributed by atoms with Crippen LogP contribution in [0.1, 0.15) is 22.4 Å². The van der Waals surface area contributed by atoms with Gasteiger partial charge >= 0.3 is 0 Å². The lowest BCUT2D eigenvalue weighted by molar-refractivity contribution is 0.127. The Morgan fingerprint density at radius 1 is 1.19 bits per heavy atom. The molecule has 32 heavy (non-hydrogen) atoms. The Kier molecular flexibility index (Phi) is 5.69. The summed E-state index contributed by atoms with van der Waals surface area (Å²) in [6.07, 6.45) is 5.27. The number of benzene rings is 1. The van der Waals surface area contributed by atoms with Crippen LogP contribution in [0.5, 0.6) is 0 Å². The van der Waals surface area contributed by atoms with E-state index in [2.05, 4.69) is 41.2 Å². The van der Waals surface area contributed by atoms with E-state index in [0.717, 1.165) is 53.4 Å². The van der Waals surface area contributed by atoms with Crippen molar-refractivity contribution in [1.82, 2.24) is 14.8 Å². The molecular formula is C25H26F2N4S. The molecule has 0 aliphatic carbocycles. The summed E-state index contributed by atoms with van der Waals surface area (Å²) < 4.78 is 27.4. The van der Waals surface area contributed by atoms with E-state index in [0.29, 0.717) is 12.0 Å². The van der Waals surface area contributed by atoms with E-state index >= 15 is 0 Å². The molecule has 2 aliphatic rings. The number of thiophene rings is 1. The number of aromatic nitrogens is 1. The van der Waals surface area contributed by atoms with Gasteiger partial charge < -0.3 is 10.2 Å². The predicted molar refractivity (Wildman–Crippen MR) is 126 cm³/mol. The second-order valence-electron chi connectivity index (χ2n) is 8.53. The van der Waals surface area contributed by atoms with Crippen molar-refractivity contribution in [2.45, 2.75) is 25.8 Å². The van der Waals surface area contributed by atoms with Gasteiger partial charge in [-0.05, 0) is 56.6 Å². The minimum Gasteiger partial charge on any atom is -0.366 e. The van der Waals surface area contributed by atoms with E-state index in [4.69, 9.17) is 4.98 Å². The number of hydrogen-bond acceptors (Lipinski definition) is 5. The zero-order valence-electron chi connectivity index (χ0n) is 18.2. The summed E-state index contributed by atoms with van der Waals surface area (Å²) in [7, 11) is 2.13. The standard InChI is InChI=1S/C25H26F2N4S/c1-16-12-21-24(23-18(4-3-9-28-23)14-29-25(21)32-16)31-11-10-30(2)20(15-31)8-6-17-5-7-19(26)13-22(17)27/h3-5,7,9,12-14,20,29H,6,8,10-11,15H2,1-2H3. The van der Waals surface area contributed by atoms with Crippen molar-refractivity contribution in [3.8, 4) is 0 Å². The Morgan fingerprint density at radius 2 is 2.06 bits per heavy atom. The summed E-state index contributed by atoms with van der Waals surface area (Å²) in [5.74, 6) is -0.994. The lowest BCUT2D eigenvalue weighted by Gasteiger charge is -2.41. The van der Waals surface area contributed by atoms with Crippen LogP contribution in [-0.4, -0.2) is 47.5 Å². The lowest BCUT2D eigenvalue weighted by Crippen LogP contribution is -2.52. The highest BCUT2D eigenvalue weighted by Crippen LogP contribution is 2.35. The highest BCUT2D eigenvalue weighted by molar-refractivity contribution is 7.16. The van der Waals surface area contributed by atoms with E-state index in [9.17, 15) is 8.78 Å². The summed E-state index contributed by atoms with van der Waals surface area (Å²) >= 11 is 1.75. The van der Waals surface area contributed by atoms with Crippen molar-refractivity contribution < 1.29 is 8.78 Å². The number of rotatable bonds is 4. The molecule has 4 heterocycles. The van der Waals surface area contributed by atoms with E-state index in [-0.39, 0.29) is 6.04 Å². The van der Waals surface area contributed by atoms with Gasteiger partial charge in [0.15, 0.2) is 0 Å². The maximum Gasteiger partial charge on any atom is 0.129 e. The minimum absolute atomic E-state index is 0.260. The second-order valence-corrected chi connectivity index (χ2v) is 9.79. The number of fused-ring (bicyclic) bond motifs is 2. The van der Waals surface area contributed by atoms with Crippen molar-refractivity contribution in [2.24, 2.45) is 0 Å². The number of nitrogens with one attached hydrogen (secondary N) is 1. The van der Waals surface area contributed by atoms with Crippen LogP contribution in [0, 0.1) is 18.6 Å². The fourth-order valence-corrected chi connectivity index (χ4v) is 5.51. The van der Waals surface area contributed by atoms with Gasteiger partial charge in [-0.25, -0.2) is 8.78 Å². The van der Waals surface area contributed by atoms with E-state index in [1.54, 1.807) is 17.4 Å². The molecule has 3 aromatic rings. The molecule has 4 nitrogen and oxygen atoms in total. The Bertz CT molecular complexity index is 1270. The fraction of sp³-hybridized carbons (Fsp3) is 0.320. The number of piperazine rings is 1. The van der Waals surface area contributed by atoms with Crippen LogP contribution in [0.4, 0.5) is 13.8 Å². The van der Waals surface area contributed by atoms with Crippen LogP contribution in [0.2, 0.25) is 0 Å². The van der Waals surface area contributed by atoms with Gasteiger partial charge in [-0.15, -0.1) is 11.3 Å². The van der Waals surface area contributed by atoms with Crippen LogP contribution in [-0.2, 0) is 6.42 Å². The molecule has 166 valence electrons. The van der Waals surface area contributed by atoms with Crippen LogP contribution in [0.15, 0.2) is 42.6 Å². The summed E-state index contributed by atoms with van der Waals surface area (Å²) in [4.78, 5) is 10.8. The Morgan fingerprint density at radius 3 is 2.91 bits per heavy atom. The number of likely N-dealkylation sites (N-methyl/N-ethyl adjacent to an activating group) is 1. The highest BCUT2D eigenvalue weighted by atomic mass is 32.1. The summed E-state index contributed by atoms with van der Waals surface area (Å²) in [5, 5.41) is 6.68. The van der Waals surface area contributed by atoms with Gasteiger partial charge in [0, 0.05) is 59.8 Å². The predicted octanol–water partition coefficient (Wildman–Crippen LogP) is 3.30. The Hall–Kier alpha value is -2.77. The van der Waals surface area contributed by atoms with Gasteiger partial charge in [0.1, 0.15) is 16.6 Å². The number of aryl methyl sites for hydroxylation is 2. The average molecular weight is 453 g/mol. The molecule has 0 radical (unpaired) electrons. The molecule has 1 N–H and O–H groups in total. The van der Waals surface area contributed by atoms with Gasteiger partial charge in [0.05, 0.1) is 11.0 Å². The average Bonchev–Trinajstić information content (AvgIpc) is 3.07. The molecule has 1 atom stereocenters. The van der Waals surface area contributed by atoms with Gasteiger partial charge in [-0.3, -0.25) is 9.88 Å². The first kappa shape index (κ1) is 21.1. The first-order valence-corrected chi connectivity index (χ1v) is 11.7. The lowest BCUT2D eigenvalue weighted by atomic mass is 10.0. The monoisotopic (exact) mass is 452 g/mol. The number of anilines is 1. The number of pyridine rings is 1. The molecule has 1 fully saturated rings. The molecule has 0 spiro atoms. The number of nitrogens with zero attached hydrogens (tertiary/aromatic N) is 3. The van der Waals surface area contributed by atoms with Gasteiger partial charge in [-0.1, -0.05) is 6.07 Å². The molecular weight excluding hydrogens is 426 g/mol. The Labute approximate surface area is 190 Å². The van der Waals surface area contributed by atoms with E-state index in [1.807, 2.05) is 18.5 Å². The molecule has 0 saturated carbocycles. The SMILES string of the molecule is Cc1cc2c(s1)NC=c1cccnc1=C2N1CCN(C)C(CCc2ccc(F)cc2F)C1. The molecule has 2 aromatic heterocycles. The first-order valence-electron chi connectivity index (χ1n) is 10.9. The maximum absolute atomic E-state index is 14.2. The van der Waals surface area contributed by atoms with Crippen LogP contribution < -0.4 is 15.9 Å². The van der Waals surface area contributed by atoms with Crippen molar-refractivity contribution in [2.75, 3.05) is 32.0 Å². The van der Waals surface area contributed by atoms with Crippen LogP contribution in [0.25, 0.3) is 11.9 Å². The maximum atomic E-state index is 14.2. The van der Waals surface area contributed by atoms with Crippen molar-refractivity contribution in [3.63, 3.8) is 0 Å². The fourth-order valence-electron chi connectivity index (χ4n) is 4.63. The second kappa shape index (κ2) is 8.64. The molecule has 0 bridgehead atoms. The molecule has 7 heteroatoms. The molecule has 1 unspecified atom stereocenters. The quantitative estimate of drug-likeness (QED) is 0.658. The third-order valence-electron chi connectivity index (χ3n) is 6.39. The summed E-state index contributed by atoms with van der Waals surface area (Å²) in [6.45, 7) is 4.77. The molecule has 1 saturated heterocycles. The van der Waals surface area contributed by atoms with Crippen molar-refractivity contribution >= 4 is 28.2 Å². The molecule has 1 aromatic carbocycles. The first-order chi connectivity index (χ1) is 15.5. The van der Waals surface area contributed by atoms with Gasteiger partial charge in [0.25, 0.3) is 0 Å². The molecule has 5 rings (SSSR count). The zero-order chi connectivity index (χ0) is 22.2. The molecule has 0 amide bonds. The largest absolute Gasteiger partial charge is 0.366 e. The third kappa shape index (κ3) is 4.02. The third-order valence-corrected chi connectivity index (χ3v) is 7.37. The van der Waals surface area contributed by atoms with E-state index in [1.165, 1.54) is 16.5 Å². The van der Waals surface area contributed by atoms with Gasteiger partial charge in [0.2, 0.25) is 0 Å². The number of hydrogen-bond donors (Lipinski definition) is 1. The highest BCUT2D eigenvalue weighted by Gasteiger charge is 2.29. The summed E-state index contributed by atoms with van der Waals surface area (Å²) in [5.41, 5.74) is 2.92. The van der Waals surface area contributed by atoms with Crippen molar-refractivity contribution in [1.29, 1.82) is 0 Å². The minimum atomic E-state index is -0.532. The van der Waals surface area contributed by atoms with Crippen molar-refractivity contribution in [3.05, 3.63) is 80.8 Å². The van der Waals surface area contributed by atoms with E-state index < -0.39 is 11.6 Å². The smallest absolute Gasteiger partial charge is 0.129 e. The number of halogens is 2. The Balaban J connectivity index is 1.47. The summed E-state index contributed by atoms with van der Waals surface area (Å²) in [6, 6.07) is 10.4. The molecule has 2 aliphatic heterocycles. The van der Waals surface area contributed by atoms with Crippen LogP contribution >= 0.6 is 11.3 Å². The zero-order valence-corrected chi connectivity index (χ0v) is 19.1. The van der Waals surface area contributed by atoms with Gasteiger partial charge in [-0.2, -0.15) is 0 Å². The van der Waals surface area contributed by atoms with Crippen LogP contribution in [0.3, 0.4) is 0 Å². The topological polar surface area (TPSA) is 31.4 Å². The normalized spacial score (nSPS) is 18.4.